The third kappa shape index (κ3) is 3.33. The van der Waals surface area contributed by atoms with Crippen molar-refractivity contribution in [3.05, 3.63) is 65.0 Å². The number of phenols is 1. The van der Waals surface area contributed by atoms with E-state index in [2.05, 4.69) is 5.32 Å². The van der Waals surface area contributed by atoms with Gasteiger partial charge in [0.1, 0.15) is 11.6 Å². The van der Waals surface area contributed by atoms with Gasteiger partial charge in [0, 0.05) is 12.6 Å². The van der Waals surface area contributed by atoms with Gasteiger partial charge in [-0.1, -0.05) is 24.3 Å². The summed E-state index contributed by atoms with van der Waals surface area (Å²) in [6.07, 6.45) is 0. The lowest BCUT2D eigenvalue weighted by Gasteiger charge is -2.07. The average molecular weight is 275 g/mol. The van der Waals surface area contributed by atoms with Crippen LogP contribution in [0.2, 0.25) is 0 Å². The lowest BCUT2D eigenvalue weighted by molar-refractivity contribution is 0.0947. The summed E-state index contributed by atoms with van der Waals surface area (Å²) in [6, 6.07) is 10.4. The van der Waals surface area contributed by atoms with E-state index >= 15 is 0 Å². The lowest BCUT2D eigenvalue weighted by atomic mass is 10.1. The van der Waals surface area contributed by atoms with Crippen molar-refractivity contribution in [3.8, 4) is 5.75 Å². The Hall–Kier alpha value is -2.40. The first-order chi connectivity index (χ1) is 9.60. The minimum Gasteiger partial charge on any atom is -0.508 e. The lowest BCUT2D eigenvalue weighted by Crippen LogP contribution is -2.23. The minimum absolute atomic E-state index is 0.0364. The van der Waals surface area contributed by atoms with Crippen LogP contribution in [0.1, 0.15) is 21.5 Å². The van der Waals surface area contributed by atoms with E-state index in [1.54, 1.807) is 24.3 Å². The van der Waals surface area contributed by atoms with Gasteiger partial charge >= 0.3 is 0 Å². The molecule has 0 fully saturated rings. The van der Waals surface area contributed by atoms with E-state index < -0.39 is 11.7 Å². The predicted octanol–water partition coefficient (Wildman–Crippen LogP) is 1.95. The summed E-state index contributed by atoms with van der Waals surface area (Å²) >= 11 is 0. The number of aliphatic hydroxyl groups excluding tert-OH is 1. The fraction of sp³-hybridized carbons (Fsp3) is 0.133. The van der Waals surface area contributed by atoms with E-state index in [9.17, 15) is 9.18 Å². The van der Waals surface area contributed by atoms with Crippen molar-refractivity contribution in [3.63, 3.8) is 0 Å². The maximum atomic E-state index is 13.5. The van der Waals surface area contributed by atoms with Crippen molar-refractivity contribution in [2.45, 2.75) is 13.2 Å². The second-order valence-electron chi connectivity index (χ2n) is 4.32. The monoisotopic (exact) mass is 275 g/mol. The molecule has 0 saturated carbocycles. The van der Waals surface area contributed by atoms with Crippen LogP contribution in [0.4, 0.5) is 4.39 Å². The molecule has 104 valence electrons. The molecule has 3 N–H and O–H groups in total. The van der Waals surface area contributed by atoms with Crippen molar-refractivity contribution < 1.29 is 19.4 Å². The Kier molecular flexibility index (Phi) is 4.32. The normalized spacial score (nSPS) is 10.3. The zero-order chi connectivity index (χ0) is 14.5. The third-order valence-electron chi connectivity index (χ3n) is 2.86. The third-order valence-corrected chi connectivity index (χ3v) is 2.86. The van der Waals surface area contributed by atoms with Crippen molar-refractivity contribution in [1.29, 1.82) is 0 Å². The number of hydrogen-bond acceptors (Lipinski definition) is 3. The van der Waals surface area contributed by atoms with Crippen LogP contribution in [-0.2, 0) is 13.2 Å². The van der Waals surface area contributed by atoms with Crippen molar-refractivity contribution >= 4 is 5.91 Å². The molecule has 0 saturated heterocycles. The zero-order valence-corrected chi connectivity index (χ0v) is 10.6. The number of phenolic OH excluding ortho intramolecular Hbond substituents is 1. The molecule has 0 unspecified atom stereocenters. The van der Waals surface area contributed by atoms with Crippen LogP contribution in [0.3, 0.4) is 0 Å². The molecule has 20 heavy (non-hydrogen) atoms. The van der Waals surface area contributed by atoms with Gasteiger partial charge in [0.2, 0.25) is 0 Å². The smallest absolute Gasteiger partial charge is 0.254 e. The van der Waals surface area contributed by atoms with Crippen LogP contribution in [0.25, 0.3) is 0 Å². The van der Waals surface area contributed by atoms with Gasteiger partial charge in [-0.15, -0.1) is 0 Å². The summed E-state index contributed by atoms with van der Waals surface area (Å²) in [7, 11) is 0. The number of amides is 1. The Morgan fingerprint density at radius 2 is 1.75 bits per heavy atom. The fourth-order valence-electron chi connectivity index (χ4n) is 1.73. The molecule has 2 rings (SSSR count). The molecular formula is C15H14FNO3. The molecule has 2 aromatic rings. The first kappa shape index (κ1) is 14.0. The molecule has 0 aliphatic rings. The first-order valence-electron chi connectivity index (χ1n) is 6.05. The highest BCUT2D eigenvalue weighted by Gasteiger charge is 2.11. The van der Waals surface area contributed by atoms with Crippen LogP contribution in [-0.4, -0.2) is 16.1 Å². The molecule has 2 aromatic carbocycles. The number of aliphatic hydroxyl groups is 1. The standard InChI is InChI=1S/C15H14FNO3/c16-14-7-12(19)5-6-13(14)15(20)17-8-10-1-3-11(9-18)4-2-10/h1-7,18-19H,8-9H2,(H,17,20). The molecule has 0 aliphatic carbocycles. The van der Waals surface area contributed by atoms with Crippen LogP contribution in [0.5, 0.6) is 5.75 Å². The summed E-state index contributed by atoms with van der Waals surface area (Å²) in [4.78, 5) is 11.8. The maximum Gasteiger partial charge on any atom is 0.254 e. The van der Waals surface area contributed by atoms with Crippen LogP contribution < -0.4 is 5.32 Å². The summed E-state index contributed by atoms with van der Waals surface area (Å²) < 4.78 is 13.5. The SMILES string of the molecule is O=C(NCc1ccc(CO)cc1)c1ccc(O)cc1F. The van der Waals surface area contributed by atoms with Gasteiger partial charge in [0.05, 0.1) is 12.2 Å². The molecule has 1 amide bonds. The number of halogens is 1. The first-order valence-corrected chi connectivity index (χ1v) is 6.05. The van der Waals surface area contributed by atoms with E-state index in [1.807, 2.05) is 0 Å². The minimum atomic E-state index is -0.766. The molecule has 0 aromatic heterocycles. The topological polar surface area (TPSA) is 69.6 Å². The van der Waals surface area contributed by atoms with Crippen LogP contribution in [0.15, 0.2) is 42.5 Å². The molecular weight excluding hydrogens is 261 g/mol. The fourth-order valence-corrected chi connectivity index (χ4v) is 1.73. The molecule has 0 spiro atoms. The van der Waals surface area contributed by atoms with E-state index in [4.69, 9.17) is 10.2 Å². The van der Waals surface area contributed by atoms with E-state index in [0.29, 0.717) is 0 Å². The Morgan fingerprint density at radius 3 is 2.35 bits per heavy atom. The van der Waals surface area contributed by atoms with E-state index in [-0.39, 0.29) is 24.5 Å². The summed E-state index contributed by atoms with van der Waals surface area (Å²) in [6.45, 7) is 0.218. The second-order valence-corrected chi connectivity index (χ2v) is 4.32. The molecule has 5 heteroatoms. The number of rotatable bonds is 4. The van der Waals surface area contributed by atoms with Gasteiger partial charge in [0.15, 0.2) is 0 Å². The van der Waals surface area contributed by atoms with Gasteiger partial charge in [-0.25, -0.2) is 4.39 Å². The highest BCUT2D eigenvalue weighted by atomic mass is 19.1. The van der Waals surface area contributed by atoms with Gasteiger partial charge in [-0.05, 0) is 23.3 Å². The number of aromatic hydroxyl groups is 1. The highest BCUT2D eigenvalue weighted by Crippen LogP contribution is 2.15. The number of carbonyl (C=O) groups is 1. The van der Waals surface area contributed by atoms with Gasteiger partial charge in [0.25, 0.3) is 5.91 Å². The largest absolute Gasteiger partial charge is 0.508 e. The molecule has 0 heterocycles. The van der Waals surface area contributed by atoms with E-state index in [0.717, 1.165) is 17.2 Å². The van der Waals surface area contributed by atoms with Gasteiger partial charge in [-0.3, -0.25) is 4.79 Å². The number of nitrogens with one attached hydrogen (secondary N) is 1. The summed E-state index contributed by atoms with van der Waals surface area (Å²) in [5.41, 5.74) is 1.51. The predicted molar refractivity (Wildman–Crippen MR) is 71.6 cm³/mol. The Balaban J connectivity index is 2.00. The Labute approximate surface area is 115 Å². The molecule has 0 bridgehead atoms. The zero-order valence-electron chi connectivity index (χ0n) is 10.6. The molecule has 0 aliphatic heterocycles. The second kappa shape index (κ2) is 6.16. The number of carbonyl (C=O) groups excluding carboxylic acids is 1. The van der Waals surface area contributed by atoms with Crippen molar-refractivity contribution in [1.82, 2.24) is 5.32 Å². The Bertz CT molecular complexity index is 611. The van der Waals surface area contributed by atoms with Gasteiger partial charge in [-0.2, -0.15) is 0 Å². The summed E-state index contributed by atoms with van der Waals surface area (Å²) in [5, 5.41) is 20.6. The van der Waals surface area contributed by atoms with Crippen molar-refractivity contribution in [2.75, 3.05) is 0 Å². The maximum absolute atomic E-state index is 13.5. The van der Waals surface area contributed by atoms with Crippen LogP contribution in [0, 0.1) is 5.82 Å². The average Bonchev–Trinajstić information content (AvgIpc) is 2.45. The number of hydrogen-bond donors (Lipinski definition) is 3. The Morgan fingerprint density at radius 1 is 1.10 bits per heavy atom. The van der Waals surface area contributed by atoms with Gasteiger partial charge < -0.3 is 15.5 Å². The van der Waals surface area contributed by atoms with Crippen LogP contribution >= 0.6 is 0 Å². The molecule has 0 radical (unpaired) electrons. The van der Waals surface area contributed by atoms with E-state index in [1.165, 1.54) is 12.1 Å². The molecule has 0 atom stereocenters. The quantitative estimate of drug-likeness (QED) is 0.798. The summed E-state index contributed by atoms with van der Waals surface area (Å²) in [5.74, 6) is -1.54. The highest BCUT2D eigenvalue weighted by molar-refractivity contribution is 5.94. The number of benzene rings is 2. The van der Waals surface area contributed by atoms with Crippen molar-refractivity contribution in [2.24, 2.45) is 0 Å². The molecule has 4 nitrogen and oxygen atoms in total.